The number of piperazine rings is 1. The number of hydrogen-bond donors (Lipinski definition) is 0. The Hall–Kier alpha value is -3.51. The molecule has 0 saturated carbocycles. The standard InChI is InChI=1S/C20H22F3N9O/c1-2-32-18-16(27-28-32)17(25-12-26-18)31-10-13(11-31)19(33)30-7-5-29(6-8-30)15-4-3-14(9-24-15)20(21,22)23/h3-4,9,12-13H,2,5-8,10-11H2,1H3. The van der Waals surface area contributed by atoms with Gasteiger partial charge in [-0.05, 0) is 19.1 Å². The maximum absolute atomic E-state index is 12.9. The van der Waals surface area contributed by atoms with Gasteiger partial charge in [0, 0.05) is 52.0 Å². The highest BCUT2D eigenvalue weighted by Crippen LogP contribution is 2.30. The van der Waals surface area contributed by atoms with Crippen molar-refractivity contribution in [3.8, 4) is 0 Å². The van der Waals surface area contributed by atoms with Crippen LogP contribution in [0.1, 0.15) is 12.5 Å². The summed E-state index contributed by atoms with van der Waals surface area (Å²) < 4.78 is 39.9. The number of anilines is 2. The quantitative estimate of drug-likeness (QED) is 0.576. The van der Waals surface area contributed by atoms with Gasteiger partial charge >= 0.3 is 6.18 Å². The van der Waals surface area contributed by atoms with Crippen LogP contribution in [0.25, 0.3) is 11.2 Å². The van der Waals surface area contributed by atoms with E-state index in [1.807, 2.05) is 21.6 Å². The minimum atomic E-state index is -4.41. The maximum Gasteiger partial charge on any atom is 0.417 e. The number of amides is 1. The van der Waals surface area contributed by atoms with E-state index in [2.05, 4.69) is 25.3 Å². The molecule has 33 heavy (non-hydrogen) atoms. The predicted molar refractivity (Wildman–Crippen MR) is 113 cm³/mol. The molecular weight excluding hydrogens is 439 g/mol. The first-order valence-electron chi connectivity index (χ1n) is 10.7. The number of carbonyl (C=O) groups excluding carboxylic acids is 1. The summed E-state index contributed by atoms with van der Waals surface area (Å²) in [7, 11) is 0. The van der Waals surface area contributed by atoms with Crippen molar-refractivity contribution in [3.05, 3.63) is 30.2 Å². The Labute approximate surface area is 187 Å². The number of aromatic nitrogens is 6. The van der Waals surface area contributed by atoms with Crippen molar-refractivity contribution in [2.45, 2.75) is 19.6 Å². The molecule has 0 N–H and O–H groups in total. The van der Waals surface area contributed by atoms with Crippen LogP contribution in [-0.2, 0) is 17.5 Å². The lowest BCUT2D eigenvalue weighted by atomic mass is 9.98. The molecule has 2 fully saturated rings. The van der Waals surface area contributed by atoms with Gasteiger partial charge in [0.1, 0.15) is 12.1 Å². The van der Waals surface area contributed by atoms with Gasteiger partial charge in [0.2, 0.25) is 5.91 Å². The van der Waals surface area contributed by atoms with Crippen LogP contribution < -0.4 is 9.80 Å². The summed E-state index contributed by atoms with van der Waals surface area (Å²) in [5.74, 6) is 1.11. The number of hydrogen-bond acceptors (Lipinski definition) is 8. The summed E-state index contributed by atoms with van der Waals surface area (Å²) in [6.07, 6.45) is -2.08. The topological polar surface area (TPSA) is 96.2 Å². The summed E-state index contributed by atoms with van der Waals surface area (Å²) in [6.45, 7) is 5.75. The second-order valence-electron chi connectivity index (χ2n) is 8.09. The normalized spacial score (nSPS) is 17.5. The van der Waals surface area contributed by atoms with E-state index < -0.39 is 11.7 Å². The lowest BCUT2D eigenvalue weighted by Crippen LogP contribution is -2.58. The molecule has 174 valence electrons. The van der Waals surface area contributed by atoms with Crippen molar-refractivity contribution in [1.82, 2.24) is 34.8 Å². The third-order valence-electron chi connectivity index (χ3n) is 6.10. The molecule has 0 spiro atoms. The summed E-state index contributed by atoms with van der Waals surface area (Å²) >= 11 is 0. The first-order chi connectivity index (χ1) is 15.8. The largest absolute Gasteiger partial charge is 0.417 e. The van der Waals surface area contributed by atoms with Gasteiger partial charge < -0.3 is 14.7 Å². The number of aryl methyl sites for hydroxylation is 1. The van der Waals surface area contributed by atoms with Crippen molar-refractivity contribution in [2.75, 3.05) is 49.1 Å². The van der Waals surface area contributed by atoms with Crippen LogP contribution in [0.15, 0.2) is 24.7 Å². The van der Waals surface area contributed by atoms with Crippen molar-refractivity contribution in [1.29, 1.82) is 0 Å². The molecule has 13 heteroatoms. The molecule has 5 rings (SSSR count). The van der Waals surface area contributed by atoms with Crippen molar-refractivity contribution in [2.24, 2.45) is 5.92 Å². The molecule has 1 amide bonds. The Balaban J connectivity index is 1.16. The fourth-order valence-corrected chi connectivity index (χ4v) is 4.19. The third-order valence-corrected chi connectivity index (χ3v) is 6.10. The number of pyridine rings is 1. The van der Waals surface area contributed by atoms with Crippen LogP contribution in [0, 0.1) is 5.92 Å². The van der Waals surface area contributed by atoms with Crippen molar-refractivity contribution >= 4 is 28.7 Å². The van der Waals surface area contributed by atoms with Crippen LogP contribution in [-0.4, -0.2) is 80.0 Å². The van der Waals surface area contributed by atoms with E-state index in [9.17, 15) is 18.0 Å². The average molecular weight is 461 g/mol. The Bertz CT molecular complexity index is 1150. The Morgan fingerprint density at radius 2 is 1.82 bits per heavy atom. The third kappa shape index (κ3) is 3.91. The summed E-state index contributed by atoms with van der Waals surface area (Å²) in [5.41, 5.74) is 0.529. The van der Waals surface area contributed by atoms with Crippen molar-refractivity contribution < 1.29 is 18.0 Å². The molecule has 0 radical (unpaired) electrons. The number of fused-ring (bicyclic) bond motifs is 1. The molecule has 0 unspecified atom stereocenters. The molecule has 2 saturated heterocycles. The highest BCUT2D eigenvalue weighted by atomic mass is 19.4. The highest BCUT2D eigenvalue weighted by molar-refractivity contribution is 5.86. The summed E-state index contributed by atoms with van der Waals surface area (Å²) in [5, 5.41) is 8.27. The smallest absolute Gasteiger partial charge is 0.353 e. The first-order valence-corrected chi connectivity index (χ1v) is 10.7. The van der Waals surface area contributed by atoms with Gasteiger partial charge in [0.25, 0.3) is 0 Å². The van der Waals surface area contributed by atoms with Gasteiger partial charge in [-0.15, -0.1) is 5.10 Å². The number of nitrogens with zero attached hydrogens (tertiary/aromatic N) is 9. The van der Waals surface area contributed by atoms with Gasteiger partial charge in [-0.3, -0.25) is 4.79 Å². The zero-order valence-corrected chi connectivity index (χ0v) is 17.9. The molecule has 3 aromatic rings. The molecule has 0 aliphatic carbocycles. The minimum absolute atomic E-state index is 0.0776. The second-order valence-corrected chi connectivity index (χ2v) is 8.09. The van der Waals surface area contributed by atoms with E-state index in [0.717, 1.165) is 12.3 Å². The minimum Gasteiger partial charge on any atom is -0.353 e. The Morgan fingerprint density at radius 1 is 1.06 bits per heavy atom. The van der Waals surface area contributed by atoms with E-state index in [0.29, 0.717) is 68.6 Å². The van der Waals surface area contributed by atoms with Gasteiger partial charge in [0.05, 0.1) is 11.5 Å². The van der Waals surface area contributed by atoms with Crippen LogP contribution >= 0.6 is 0 Å². The lowest BCUT2D eigenvalue weighted by molar-refractivity contribution is -0.138. The lowest BCUT2D eigenvalue weighted by Gasteiger charge is -2.43. The molecule has 5 heterocycles. The molecule has 2 aliphatic heterocycles. The Morgan fingerprint density at radius 3 is 2.45 bits per heavy atom. The highest BCUT2D eigenvalue weighted by Gasteiger charge is 2.38. The molecule has 3 aromatic heterocycles. The number of alkyl halides is 3. The molecule has 0 bridgehead atoms. The molecule has 0 atom stereocenters. The zero-order valence-electron chi connectivity index (χ0n) is 17.9. The van der Waals surface area contributed by atoms with Gasteiger partial charge in [-0.1, -0.05) is 5.21 Å². The fourth-order valence-electron chi connectivity index (χ4n) is 4.19. The van der Waals surface area contributed by atoms with E-state index in [1.165, 1.54) is 12.4 Å². The zero-order chi connectivity index (χ0) is 23.2. The van der Waals surface area contributed by atoms with Gasteiger partial charge in [-0.25, -0.2) is 19.6 Å². The molecule has 2 aliphatic rings. The molecule has 0 aromatic carbocycles. The van der Waals surface area contributed by atoms with Crippen LogP contribution in [0.5, 0.6) is 0 Å². The summed E-state index contributed by atoms with van der Waals surface area (Å²) in [6, 6.07) is 2.41. The fraction of sp³-hybridized carbons (Fsp3) is 0.500. The first kappa shape index (κ1) is 21.3. The van der Waals surface area contributed by atoms with Gasteiger partial charge in [-0.2, -0.15) is 13.2 Å². The Kier molecular flexibility index (Phi) is 5.25. The number of halogens is 3. The summed E-state index contributed by atoms with van der Waals surface area (Å²) in [4.78, 5) is 31.2. The second kappa shape index (κ2) is 8.12. The SMILES string of the molecule is CCn1nnc2c(N3CC(C(=O)N4CCN(c5ccc(C(F)(F)F)cn5)CC4)C3)ncnc21. The van der Waals surface area contributed by atoms with Crippen LogP contribution in [0.2, 0.25) is 0 Å². The average Bonchev–Trinajstić information content (AvgIpc) is 3.22. The monoisotopic (exact) mass is 461 g/mol. The van der Waals surface area contributed by atoms with E-state index in [1.54, 1.807) is 4.68 Å². The molecular formula is C20H22F3N9O. The van der Waals surface area contributed by atoms with Crippen molar-refractivity contribution in [3.63, 3.8) is 0 Å². The predicted octanol–water partition coefficient (Wildman–Crippen LogP) is 1.44. The van der Waals surface area contributed by atoms with E-state index in [4.69, 9.17) is 0 Å². The van der Waals surface area contributed by atoms with Gasteiger partial charge in [0.15, 0.2) is 17.0 Å². The maximum atomic E-state index is 12.9. The van der Waals surface area contributed by atoms with E-state index in [-0.39, 0.29) is 11.8 Å². The van der Waals surface area contributed by atoms with Crippen LogP contribution in [0.3, 0.4) is 0 Å². The molecule has 10 nitrogen and oxygen atoms in total. The number of carbonyl (C=O) groups is 1. The number of rotatable bonds is 4. The van der Waals surface area contributed by atoms with E-state index >= 15 is 0 Å². The van der Waals surface area contributed by atoms with Crippen LogP contribution in [0.4, 0.5) is 24.8 Å².